The molecule has 1 aromatic carbocycles. The Bertz CT molecular complexity index is 548. The lowest BCUT2D eigenvalue weighted by Crippen LogP contribution is -2.37. The van der Waals surface area contributed by atoms with Crippen molar-refractivity contribution >= 4 is 17.4 Å². The maximum Gasteiger partial charge on any atom is 0.321 e. The normalized spacial score (nSPS) is 20.4. The maximum atomic E-state index is 12.5. The number of aryl methyl sites for hydroxylation is 2. The summed E-state index contributed by atoms with van der Waals surface area (Å²) in [5.74, 6) is 0.198. The number of urea groups is 1. The van der Waals surface area contributed by atoms with Crippen LogP contribution in [0.15, 0.2) is 12.1 Å². The van der Waals surface area contributed by atoms with Crippen LogP contribution in [0.1, 0.15) is 30.4 Å². The van der Waals surface area contributed by atoms with Crippen molar-refractivity contribution in [1.82, 2.24) is 4.90 Å². The molecule has 2 unspecified atom stereocenters. The molecular weight excluding hydrogens is 290 g/mol. The standard InChI is InChI=1S/C18H29N3O2/c1-12-9-15(20(3)4)10-13(2)17(12)19-18(23)21(5)11-14-7-6-8-16(14)22/h9-10,14,16,22H,6-8,11H2,1-5H3,(H,19,23). The third-order valence-electron chi connectivity index (χ3n) is 4.74. The molecule has 0 radical (unpaired) electrons. The van der Waals surface area contributed by atoms with Gasteiger partial charge in [-0.2, -0.15) is 0 Å². The Kier molecular flexibility index (Phi) is 5.52. The van der Waals surface area contributed by atoms with Crippen molar-refractivity contribution in [2.75, 3.05) is 37.9 Å². The average Bonchev–Trinajstić information content (AvgIpc) is 2.87. The third-order valence-corrected chi connectivity index (χ3v) is 4.74. The van der Waals surface area contributed by atoms with Crippen molar-refractivity contribution < 1.29 is 9.90 Å². The first kappa shape index (κ1) is 17.6. The van der Waals surface area contributed by atoms with E-state index in [9.17, 15) is 9.90 Å². The molecule has 5 nitrogen and oxygen atoms in total. The molecule has 1 aliphatic carbocycles. The van der Waals surface area contributed by atoms with Crippen LogP contribution in [-0.2, 0) is 0 Å². The molecule has 1 fully saturated rings. The van der Waals surface area contributed by atoms with E-state index in [0.717, 1.165) is 41.8 Å². The first-order valence-electron chi connectivity index (χ1n) is 8.28. The first-order valence-corrected chi connectivity index (χ1v) is 8.28. The minimum absolute atomic E-state index is 0.118. The summed E-state index contributed by atoms with van der Waals surface area (Å²) in [6.07, 6.45) is 2.62. The van der Waals surface area contributed by atoms with Crippen LogP contribution in [0.5, 0.6) is 0 Å². The van der Waals surface area contributed by atoms with E-state index in [4.69, 9.17) is 0 Å². The SMILES string of the molecule is Cc1cc(N(C)C)cc(C)c1NC(=O)N(C)CC1CCCC1O. The number of hydrogen-bond donors (Lipinski definition) is 2. The molecule has 1 aromatic rings. The molecule has 0 heterocycles. The number of benzene rings is 1. The van der Waals surface area contributed by atoms with E-state index < -0.39 is 0 Å². The fourth-order valence-corrected chi connectivity index (χ4v) is 3.26. The zero-order valence-electron chi connectivity index (χ0n) is 14.9. The number of rotatable bonds is 4. The van der Waals surface area contributed by atoms with Crippen molar-refractivity contribution in [2.24, 2.45) is 5.92 Å². The van der Waals surface area contributed by atoms with Crippen LogP contribution in [0, 0.1) is 19.8 Å². The van der Waals surface area contributed by atoms with E-state index >= 15 is 0 Å². The zero-order valence-corrected chi connectivity index (χ0v) is 14.9. The van der Waals surface area contributed by atoms with Gasteiger partial charge in [0, 0.05) is 45.0 Å². The summed E-state index contributed by atoms with van der Waals surface area (Å²) >= 11 is 0. The number of anilines is 2. The predicted octanol–water partition coefficient (Wildman–Crippen LogP) is 2.99. The van der Waals surface area contributed by atoms with E-state index in [1.165, 1.54) is 0 Å². The lowest BCUT2D eigenvalue weighted by Gasteiger charge is -2.25. The molecule has 0 aliphatic heterocycles. The number of aliphatic hydroxyl groups excluding tert-OH is 1. The van der Waals surface area contributed by atoms with Crippen LogP contribution < -0.4 is 10.2 Å². The van der Waals surface area contributed by atoms with Gasteiger partial charge in [-0.25, -0.2) is 4.79 Å². The number of amides is 2. The topological polar surface area (TPSA) is 55.8 Å². The second-order valence-electron chi connectivity index (χ2n) is 6.92. The molecular formula is C18H29N3O2. The summed E-state index contributed by atoms with van der Waals surface area (Å²) in [5, 5.41) is 12.9. The summed E-state index contributed by atoms with van der Waals surface area (Å²) in [6.45, 7) is 4.62. The van der Waals surface area contributed by atoms with E-state index in [1.54, 1.807) is 11.9 Å². The molecule has 128 valence electrons. The van der Waals surface area contributed by atoms with Crippen molar-refractivity contribution in [3.63, 3.8) is 0 Å². The van der Waals surface area contributed by atoms with Crippen molar-refractivity contribution in [3.8, 4) is 0 Å². The van der Waals surface area contributed by atoms with Crippen LogP contribution >= 0.6 is 0 Å². The first-order chi connectivity index (χ1) is 10.8. The molecule has 2 rings (SSSR count). The maximum absolute atomic E-state index is 12.5. The lowest BCUT2D eigenvalue weighted by atomic mass is 10.1. The Labute approximate surface area is 139 Å². The highest BCUT2D eigenvalue weighted by molar-refractivity contribution is 5.91. The minimum atomic E-state index is -0.270. The van der Waals surface area contributed by atoms with Crippen LogP contribution in [0.25, 0.3) is 0 Å². The Morgan fingerprint density at radius 3 is 2.30 bits per heavy atom. The molecule has 0 bridgehead atoms. The molecule has 2 amide bonds. The van der Waals surface area contributed by atoms with Gasteiger partial charge >= 0.3 is 6.03 Å². The van der Waals surface area contributed by atoms with Crippen molar-refractivity contribution in [1.29, 1.82) is 0 Å². The number of carbonyl (C=O) groups is 1. The van der Waals surface area contributed by atoms with Crippen LogP contribution in [0.3, 0.4) is 0 Å². The second-order valence-corrected chi connectivity index (χ2v) is 6.92. The number of hydrogen-bond acceptors (Lipinski definition) is 3. The molecule has 1 saturated carbocycles. The van der Waals surface area contributed by atoms with E-state index in [0.29, 0.717) is 6.54 Å². The predicted molar refractivity (Wildman–Crippen MR) is 95.2 cm³/mol. The van der Waals surface area contributed by atoms with Gasteiger partial charge in [-0.1, -0.05) is 6.42 Å². The zero-order chi connectivity index (χ0) is 17.1. The molecule has 2 atom stereocenters. The second kappa shape index (κ2) is 7.21. The number of nitrogens with zero attached hydrogens (tertiary/aromatic N) is 2. The van der Waals surface area contributed by atoms with Crippen molar-refractivity contribution in [3.05, 3.63) is 23.3 Å². The van der Waals surface area contributed by atoms with E-state index in [2.05, 4.69) is 22.3 Å². The summed E-state index contributed by atoms with van der Waals surface area (Å²) in [4.78, 5) is 16.2. The van der Waals surface area contributed by atoms with Gasteiger partial charge in [0.15, 0.2) is 0 Å². The van der Waals surface area contributed by atoms with Crippen LogP contribution in [0.2, 0.25) is 0 Å². The largest absolute Gasteiger partial charge is 0.393 e. The Morgan fingerprint density at radius 1 is 1.22 bits per heavy atom. The fraction of sp³-hybridized carbons (Fsp3) is 0.611. The van der Waals surface area contributed by atoms with Gasteiger partial charge in [0.1, 0.15) is 0 Å². The number of aliphatic hydroxyl groups is 1. The molecule has 23 heavy (non-hydrogen) atoms. The third kappa shape index (κ3) is 4.16. The highest BCUT2D eigenvalue weighted by atomic mass is 16.3. The van der Waals surface area contributed by atoms with Gasteiger partial charge in [-0.15, -0.1) is 0 Å². The van der Waals surface area contributed by atoms with E-state index in [1.807, 2.05) is 27.9 Å². The summed E-state index contributed by atoms with van der Waals surface area (Å²) < 4.78 is 0. The summed E-state index contributed by atoms with van der Waals surface area (Å²) in [5.41, 5.74) is 4.10. The fourth-order valence-electron chi connectivity index (χ4n) is 3.26. The van der Waals surface area contributed by atoms with Gasteiger partial charge in [-0.3, -0.25) is 0 Å². The lowest BCUT2D eigenvalue weighted by molar-refractivity contribution is 0.116. The quantitative estimate of drug-likeness (QED) is 0.897. The molecule has 0 spiro atoms. The van der Waals surface area contributed by atoms with Gasteiger partial charge in [-0.05, 0) is 49.9 Å². The average molecular weight is 319 g/mol. The van der Waals surface area contributed by atoms with Gasteiger partial charge in [0.05, 0.1) is 6.10 Å². The molecule has 0 saturated heterocycles. The Morgan fingerprint density at radius 2 is 1.83 bits per heavy atom. The monoisotopic (exact) mass is 319 g/mol. The summed E-state index contributed by atoms with van der Waals surface area (Å²) in [6, 6.07) is 4.03. The number of nitrogens with one attached hydrogen (secondary N) is 1. The van der Waals surface area contributed by atoms with Gasteiger partial charge < -0.3 is 20.2 Å². The van der Waals surface area contributed by atoms with Crippen LogP contribution in [0.4, 0.5) is 16.2 Å². The molecule has 1 aliphatic rings. The van der Waals surface area contributed by atoms with Crippen LogP contribution in [-0.4, -0.2) is 49.8 Å². The smallest absolute Gasteiger partial charge is 0.321 e. The highest BCUT2D eigenvalue weighted by Gasteiger charge is 2.27. The summed E-state index contributed by atoms with van der Waals surface area (Å²) in [7, 11) is 5.81. The molecule has 2 N–H and O–H groups in total. The Hall–Kier alpha value is -1.75. The molecule has 0 aromatic heterocycles. The van der Waals surface area contributed by atoms with Gasteiger partial charge in [0.25, 0.3) is 0 Å². The minimum Gasteiger partial charge on any atom is -0.393 e. The van der Waals surface area contributed by atoms with Gasteiger partial charge in [0.2, 0.25) is 0 Å². The van der Waals surface area contributed by atoms with E-state index in [-0.39, 0.29) is 18.1 Å². The highest BCUT2D eigenvalue weighted by Crippen LogP contribution is 2.28. The number of carbonyl (C=O) groups excluding carboxylic acids is 1. The Balaban J connectivity index is 2.04. The molecule has 5 heteroatoms. The van der Waals surface area contributed by atoms with Crippen molar-refractivity contribution in [2.45, 2.75) is 39.2 Å².